The average Bonchev–Trinajstić information content (AvgIpc) is 3.22. The summed E-state index contributed by atoms with van der Waals surface area (Å²) in [7, 11) is 0. The number of hydrazine groups is 1. The van der Waals surface area contributed by atoms with Crippen LogP contribution in [0, 0.1) is 16.0 Å². The first-order valence-corrected chi connectivity index (χ1v) is 6.77. The minimum atomic E-state index is -0.477. The second-order valence-electron chi connectivity index (χ2n) is 5.40. The van der Waals surface area contributed by atoms with Crippen molar-refractivity contribution in [1.82, 2.24) is 9.97 Å². The molecule has 8 nitrogen and oxygen atoms in total. The Kier molecular flexibility index (Phi) is 4.33. The molecule has 0 saturated heterocycles. The van der Waals surface area contributed by atoms with Crippen LogP contribution in [0.2, 0.25) is 0 Å². The zero-order valence-corrected chi connectivity index (χ0v) is 11.7. The van der Waals surface area contributed by atoms with Gasteiger partial charge in [0.05, 0.1) is 4.92 Å². The van der Waals surface area contributed by atoms with Crippen molar-refractivity contribution in [3.63, 3.8) is 0 Å². The van der Waals surface area contributed by atoms with Gasteiger partial charge in [0.25, 0.3) is 0 Å². The molecule has 3 N–H and O–H groups in total. The smallest absolute Gasteiger partial charge is 0.348 e. The van der Waals surface area contributed by atoms with Gasteiger partial charge in [-0.05, 0) is 25.2 Å². The molecule has 20 heavy (non-hydrogen) atoms. The Morgan fingerprint density at radius 2 is 2.25 bits per heavy atom. The molecule has 0 amide bonds. The highest BCUT2D eigenvalue weighted by molar-refractivity contribution is 5.70. The van der Waals surface area contributed by atoms with Gasteiger partial charge in [0.2, 0.25) is 11.6 Å². The number of hydrogen-bond donors (Lipinski definition) is 2. The van der Waals surface area contributed by atoms with Gasteiger partial charge in [-0.2, -0.15) is 0 Å². The van der Waals surface area contributed by atoms with E-state index in [-0.39, 0.29) is 11.5 Å². The Morgan fingerprint density at radius 1 is 1.55 bits per heavy atom. The van der Waals surface area contributed by atoms with E-state index in [0.717, 1.165) is 25.8 Å². The molecular weight excluding hydrogens is 260 g/mol. The molecule has 2 rings (SSSR count). The Bertz CT molecular complexity index is 489. The first-order chi connectivity index (χ1) is 9.54. The van der Waals surface area contributed by atoms with Crippen molar-refractivity contribution in [2.75, 3.05) is 16.9 Å². The van der Waals surface area contributed by atoms with Crippen molar-refractivity contribution in [3.05, 3.63) is 16.4 Å². The molecule has 1 aliphatic carbocycles. The van der Waals surface area contributed by atoms with Gasteiger partial charge in [0.1, 0.15) is 6.33 Å². The fourth-order valence-electron chi connectivity index (χ4n) is 2.10. The molecule has 1 fully saturated rings. The molecule has 1 heterocycles. The number of anilines is 2. The van der Waals surface area contributed by atoms with Crippen molar-refractivity contribution in [2.24, 2.45) is 11.8 Å². The second-order valence-corrected chi connectivity index (χ2v) is 5.40. The lowest BCUT2D eigenvalue weighted by atomic mass is 10.1. The lowest BCUT2D eigenvalue weighted by Gasteiger charge is -2.24. The highest BCUT2D eigenvalue weighted by Gasteiger charge is 2.35. The summed E-state index contributed by atoms with van der Waals surface area (Å²) in [5.41, 5.74) is 2.13. The first kappa shape index (κ1) is 14.4. The third kappa shape index (κ3) is 3.13. The van der Waals surface area contributed by atoms with Crippen molar-refractivity contribution in [1.29, 1.82) is 0 Å². The quantitative estimate of drug-likeness (QED) is 0.444. The van der Waals surface area contributed by atoms with Crippen LogP contribution in [0.3, 0.4) is 0 Å². The van der Waals surface area contributed by atoms with Gasteiger partial charge in [-0.3, -0.25) is 10.1 Å². The van der Waals surface area contributed by atoms with Crippen molar-refractivity contribution >= 4 is 17.3 Å². The summed E-state index contributed by atoms with van der Waals surface area (Å²) < 4.78 is 0. The zero-order chi connectivity index (χ0) is 14.7. The predicted molar refractivity (Wildman–Crippen MR) is 76.3 cm³/mol. The number of nitrogens with two attached hydrogens (primary N) is 1. The largest absolute Gasteiger partial charge is 0.354 e. The molecule has 0 aromatic carbocycles. The van der Waals surface area contributed by atoms with E-state index in [1.807, 2.05) is 4.90 Å². The van der Waals surface area contributed by atoms with Gasteiger partial charge in [-0.25, -0.2) is 15.8 Å². The van der Waals surface area contributed by atoms with E-state index in [1.165, 1.54) is 6.33 Å². The number of hydrogen-bond acceptors (Lipinski definition) is 7. The van der Waals surface area contributed by atoms with Gasteiger partial charge in [-0.15, -0.1) is 0 Å². The SMILES string of the molecule is CC(C)CCN(c1ncnc(NN)c1[N+](=O)[O-])C1CC1. The number of nitrogens with one attached hydrogen (secondary N) is 1. The number of nitrogen functional groups attached to an aromatic ring is 1. The molecule has 1 aromatic heterocycles. The summed E-state index contributed by atoms with van der Waals surface area (Å²) in [5.74, 6) is 6.25. The fraction of sp³-hybridized carbons (Fsp3) is 0.667. The molecule has 0 spiro atoms. The normalized spacial score (nSPS) is 14.4. The molecule has 0 aliphatic heterocycles. The van der Waals surface area contributed by atoms with Crippen LogP contribution in [-0.4, -0.2) is 27.5 Å². The monoisotopic (exact) mass is 280 g/mol. The van der Waals surface area contributed by atoms with Gasteiger partial charge in [0.15, 0.2) is 0 Å². The molecule has 110 valence electrons. The molecule has 0 atom stereocenters. The van der Waals surface area contributed by atoms with Gasteiger partial charge >= 0.3 is 5.69 Å². The number of rotatable bonds is 7. The van der Waals surface area contributed by atoms with Crippen molar-refractivity contribution < 1.29 is 4.92 Å². The van der Waals surface area contributed by atoms with Crippen LogP contribution in [0.1, 0.15) is 33.1 Å². The summed E-state index contributed by atoms with van der Waals surface area (Å²) >= 11 is 0. The van der Waals surface area contributed by atoms with Crippen LogP contribution in [0.15, 0.2) is 6.33 Å². The van der Waals surface area contributed by atoms with E-state index in [4.69, 9.17) is 5.84 Å². The maximum Gasteiger partial charge on any atom is 0.354 e. The van der Waals surface area contributed by atoms with E-state index in [9.17, 15) is 10.1 Å². The number of nitro groups is 1. The standard InChI is InChI=1S/C12H20N6O2/c1-8(2)5-6-17(9-3-4-9)12-10(18(19)20)11(16-13)14-7-15-12/h7-9H,3-6,13H2,1-2H3,(H,14,15,16). The van der Waals surface area contributed by atoms with E-state index < -0.39 is 4.92 Å². The topological polar surface area (TPSA) is 110 Å². The number of nitrogens with zero attached hydrogens (tertiary/aromatic N) is 4. The van der Waals surface area contributed by atoms with Crippen LogP contribution >= 0.6 is 0 Å². The average molecular weight is 280 g/mol. The predicted octanol–water partition coefficient (Wildman–Crippen LogP) is 1.69. The molecule has 8 heteroatoms. The Balaban J connectivity index is 2.34. The van der Waals surface area contributed by atoms with Crippen molar-refractivity contribution in [3.8, 4) is 0 Å². The summed E-state index contributed by atoms with van der Waals surface area (Å²) in [6, 6.07) is 0.341. The molecule has 1 saturated carbocycles. The highest BCUT2D eigenvalue weighted by Crippen LogP contribution is 2.38. The van der Waals surface area contributed by atoms with Crippen LogP contribution < -0.4 is 16.2 Å². The summed E-state index contributed by atoms with van der Waals surface area (Å²) in [6.07, 6.45) is 4.36. The maximum absolute atomic E-state index is 11.3. The third-order valence-corrected chi connectivity index (χ3v) is 3.33. The van der Waals surface area contributed by atoms with E-state index in [0.29, 0.717) is 17.8 Å². The lowest BCUT2D eigenvalue weighted by Crippen LogP contribution is -2.30. The van der Waals surface area contributed by atoms with Gasteiger partial charge in [0, 0.05) is 12.6 Å². The maximum atomic E-state index is 11.3. The first-order valence-electron chi connectivity index (χ1n) is 6.77. The van der Waals surface area contributed by atoms with Gasteiger partial charge in [-0.1, -0.05) is 13.8 Å². The summed E-state index contributed by atoms with van der Waals surface area (Å²) in [5, 5.41) is 11.3. The third-order valence-electron chi connectivity index (χ3n) is 3.33. The van der Waals surface area contributed by atoms with Crippen LogP contribution in [0.4, 0.5) is 17.3 Å². The highest BCUT2D eigenvalue weighted by atomic mass is 16.6. The second kappa shape index (κ2) is 6.00. The molecule has 1 aromatic rings. The Hall–Kier alpha value is -1.96. The van der Waals surface area contributed by atoms with Gasteiger partial charge < -0.3 is 10.3 Å². The van der Waals surface area contributed by atoms with E-state index in [1.54, 1.807) is 0 Å². The molecule has 0 radical (unpaired) electrons. The molecule has 0 unspecified atom stereocenters. The molecule has 0 bridgehead atoms. The van der Waals surface area contributed by atoms with Crippen LogP contribution in [-0.2, 0) is 0 Å². The van der Waals surface area contributed by atoms with Crippen molar-refractivity contribution in [2.45, 2.75) is 39.2 Å². The minimum Gasteiger partial charge on any atom is -0.348 e. The zero-order valence-electron chi connectivity index (χ0n) is 11.7. The number of aromatic nitrogens is 2. The lowest BCUT2D eigenvalue weighted by molar-refractivity contribution is -0.383. The Labute approximate surface area is 117 Å². The van der Waals surface area contributed by atoms with E-state index >= 15 is 0 Å². The van der Waals surface area contributed by atoms with Crippen LogP contribution in [0.25, 0.3) is 0 Å². The molecule has 1 aliphatic rings. The summed E-state index contributed by atoms with van der Waals surface area (Å²) in [6.45, 7) is 5.02. The fourth-order valence-corrected chi connectivity index (χ4v) is 2.10. The van der Waals surface area contributed by atoms with E-state index in [2.05, 4.69) is 29.2 Å². The Morgan fingerprint density at radius 3 is 2.75 bits per heavy atom. The minimum absolute atomic E-state index is 0.0511. The van der Waals surface area contributed by atoms with Crippen LogP contribution in [0.5, 0.6) is 0 Å². The molecular formula is C12H20N6O2. The summed E-state index contributed by atoms with van der Waals surface area (Å²) in [4.78, 5) is 20.8.